The highest BCUT2D eigenvalue weighted by Gasteiger charge is 2.56. The van der Waals surface area contributed by atoms with Crippen molar-refractivity contribution in [1.29, 1.82) is 0 Å². The second kappa shape index (κ2) is 4.76. The summed E-state index contributed by atoms with van der Waals surface area (Å²) < 4.78 is 0. The zero-order valence-electron chi connectivity index (χ0n) is 31.1. The highest BCUT2D eigenvalue weighted by molar-refractivity contribution is 6.83. The van der Waals surface area contributed by atoms with Gasteiger partial charge in [0.25, 0.3) is 0 Å². The average Bonchev–Trinajstić information content (AvgIpc) is 4.13. The number of alkyl halides is 1. The van der Waals surface area contributed by atoms with Crippen molar-refractivity contribution >= 4 is 313 Å². The molecule has 0 unspecified atom stereocenters. The van der Waals surface area contributed by atoms with Crippen LogP contribution in [0.1, 0.15) is 16.7 Å². The summed E-state index contributed by atoms with van der Waals surface area (Å²) >= 11 is 8.13. The van der Waals surface area contributed by atoms with Gasteiger partial charge in [-0.25, -0.2) is 0 Å². The second-order valence-electron chi connectivity index (χ2n) is 23.2. The van der Waals surface area contributed by atoms with Crippen LogP contribution < -0.4 is 0 Å². The van der Waals surface area contributed by atoms with E-state index in [1.54, 1.807) is 318 Å². The lowest BCUT2D eigenvalue weighted by molar-refractivity contribution is 0.752. The lowest BCUT2D eigenvalue weighted by atomic mass is 9.65. The average molecular weight is 770 g/mol. The standard InChI is InChI=1S/C61H2Cl/c62-1-61-58-54-48-34-26-18-6-3-2-4-7(6)19-21-17-11(4)13-9-5(2)8-12-10(3)16-20(18)32(34)40-38-24(16)22(12)30-28-14(8)15(9)29-31-23(13)25(17)39-41-33(21)35(27(19)26)49(48)55(58)51(41)53-45(39)43(31)47-37(29)36(28)46-42(30)44(38)52(50(40)54)59(61)56(46)57(47)60(53)61/h1H2/q-1. The fraction of sp³-hybridized carbons (Fsp3) is 0.0328. The summed E-state index contributed by atoms with van der Waals surface area (Å²) in [6.07, 6.45) is 0. The molecule has 0 spiro atoms. The minimum absolute atomic E-state index is 0.368. The summed E-state index contributed by atoms with van der Waals surface area (Å²) in [6.45, 7) is 0. The predicted molar refractivity (Wildman–Crippen MR) is 267 cm³/mol. The first-order chi connectivity index (χ1) is 30.9. The first-order valence-corrected chi connectivity index (χ1v) is 23.7. The van der Waals surface area contributed by atoms with Crippen molar-refractivity contribution in [3.05, 3.63) is 16.7 Å². The smallest absolute Gasteiger partial charge is 0.0331 e. The Kier molecular flexibility index (Phi) is 1.68. The van der Waals surface area contributed by atoms with E-state index in [0.717, 1.165) is 0 Å². The number of hydrogen-bond acceptors (Lipinski definition) is 0. The van der Waals surface area contributed by atoms with Gasteiger partial charge in [-0.05, 0) is 269 Å². The minimum atomic E-state index is -0.368. The molecule has 0 saturated carbocycles. The van der Waals surface area contributed by atoms with Crippen LogP contribution >= 0.6 is 11.6 Å². The third-order valence-electron chi connectivity index (χ3n) is 23.2. The van der Waals surface area contributed by atoms with Crippen LogP contribution in [-0.2, 0) is 5.41 Å². The van der Waals surface area contributed by atoms with E-state index in [0.29, 0.717) is 5.88 Å². The van der Waals surface area contributed by atoms with Gasteiger partial charge in [-0.2, -0.15) is 0 Å². The van der Waals surface area contributed by atoms with E-state index >= 15 is 0 Å². The van der Waals surface area contributed by atoms with Crippen LogP contribution in [0.5, 0.6) is 0 Å². The van der Waals surface area contributed by atoms with Crippen molar-refractivity contribution in [2.45, 2.75) is 5.41 Å². The van der Waals surface area contributed by atoms with Gasteiger partial charge in [-0.3, -0.25) is 0 Å². The van der Waals surface area contributed by atoms with Gasteiger partial charge in [0.05, 0.1) is 0 Å². The van der Waals surface area contributed by atoms with Gasteiger partial charge >= 0.3 is 0 Å². The van der Waals surface area contributed by atoms with Crippen molar-refractivity contribution < 1.29 is 0 Å². The molecule has 0 aliphatic heterocycles. The molecular weight excluding hydrogens is 768 g/mol. The van der Waals surface area contributed by atoms with E-state index in [1.165, 1.54) is 0 Å². The Bertz CT molecular complexity index is 6430. The van der Waals surface area contributed by atoms with E-state index in [2.05, 4.69) is 0 Å². The van der Waals surface area contributed by atoms with Crippen molar-refractivity contribution in [1.82, 2.24) is 0 Å². The van der Waals surface area contributed by atoms with Crippen LogP contribution in [0.25, 0.3) is 302 Å². The van der Waals surface area contributed by atoms with E-state index in [1.807, 2.05) is 0 Å². The number of hydrogen-bond donors (Lipinski definition) is 0. The second-order valence-corrected chi connectivity index (χ2v) is 23.4. The third kappa shape index (κ3) is 1.07. The van der Waals surface area contributed by atoms with Gasteiger partial charge < -0.3 is 0 Å². The molecule has 3 aliphatic carbocycles. The zero-order valence-corrected chi connectivity index (χ0v) is 31.8. The first-order valence-electron chi connectivity index (χ1n) is 23.1. The number of benzene rings is 18. The summed E-state index contributed by atoms with van der Waals surface area (Å²) in [7, 11) is 0. The SMILES string of the molecule is ClCC12c3c4c5c6c1c1c7c8c6c6c5c5c9c4c4c3c3c%10c%11c4c4c9c9c5c5c6c6c8c8c7c7c%12c%13c8c8c6c5c5c9c6c4c%11c4c9c6c5c8c%13c9c5c4c%10c4c(c5%12)c7c1[c-]2c34. The lowest BCUT2D eigenvalue weighted by Gasteiger charge is -2.41. The highest BCUT2D eigenvalue weighted by atomic mass is 35.5. The molecule has 29 aromatic carbocycles. The summed E-state index contributed by atoms with van der Waals surface area (Å²) in [5.74, 6) is 0.609. The number of rotatable bonds is 1. The van der Waals surface area contributed by atoms with E-state index in [-0.39, 0.29) is 5.41 Å². The van der Waals surface area contributed by atoms with Gasteiger partial charge in [-0.1, -0.05) is 38.1 Å². The first kappa shape index (κ1) is 21.9. The maximum Gasteiger partial charge on any atom is 0.0331 e. The van der Waals surface area contributed by atoms with Crippen LogP contribution in [0, 0.1) is 0 Å². The summed E-state index contributed by atoms with van der Waals surface area (Å²) in [5, 5.41) is 91.9. The summed E-state index contributed by atoms with van der Waals surface area (Å²) in [6, 6.07) is 0. The Morgan fingerprint density at radius 3 is 0.613 bits per heavy atom. The highest BCUT2D eigenvalue weighted by Crippen LogP contribution is 2.82. The lowest BCUT2D eigenvalue weighted by Crippen LogP contribution is -2.32. The number of halogens is 1. The van der Waals surface area contributed by atoms with Crippen molar-refractivity contribution in [3.63, 3.8) is 0 Å². The maximum absolute atomic E-state index is 8.13. The fourth-order valence-electron chi connectivity index (χ4n) is 23.2. The minimum Gasteiger partial charge on any atom is -0.126 e. The molecule has 0 aromatic heterocycles. The topological polar surface area (TPSA) is 0 Å². The molecule has 0 bridgehead atoms. The van der Waals surface area contributed by atoms with E-state index < -0.39 is 0 Å². The Morgan fingerprint density at radius 1 is 0.194 bits per heavy atom. The fourth-order valence-corrected chi connectivity index (χ4v) is 23.6. The molecule has 0 atom stereocenters. The van der Waals surface area contributed by atoms with Crippen LogP contribution in [0.3, 0.4) is 0 Å². The molecule has 0 saturated heterocycles. The molecule has 1 heteroatoms. The molecule has 0 fully saturated rings. The maximum atomic E-state index is 8.13. The molecule has 0 nitrogen and oxygen atoms in total. The Hall–Kier alpha value is -7.38. The van der Waals surface area contributed by atoms with E-state index in [9.17, 15) is 0 Å². The van der Waals surface area contributed by atoms with Gasteiger partial charge in [0.2, 0.25) is 0 Å². The molecule has 32 rings (SSSR count). The van der Waals surface area contributed by atoms with Crippen LogP contribution in [-0.4, -0.2) is 5.88 Å². The third-order valence-corrected chi connectivity index (χ3v) is 23.6. The molecule has 0 amide bonds. The quantitative estimate of drug-likeness (QED) is 0.0886. The Morgan fingerprint density at radius 2 is 0.339 bits per heavy atom. The predicted octanol–water partition coefficient (Wildman–Crippen LogP) is 17.6. The Labute approximate surface area is 339 Å². The van der Waals surface area contributed by atoms with Gasteiger partial charge in [0, 0.05) is 11.3 Å². The van der Waals surface area contributed by atoms with Crippen molar-refractivity contribution in [2.24, 2.45) is 0 Å². The molecular formula is C61H2Cl-. The van der Waals surface area contributed by atoms with Gasteiger partial charge in [0.1, 0.15) is 0 Å². The monoisotopic (exact) mass is 769 g/mol. The van der Waals surface area contributed by atoms with Crippen molar-refractivity contribution in [2.75, 3.05) is 5.88 Å². The molecule has 62 heavy (non-hydrogen) atoms. The van der Waals surface area contributed by atoms with Crippen LogP contribution in [0.2, 0.25) is 0 Å². The van der Waals surface area contributed by atoms with Crippen LogP contribution in [0.4, 0.5) is 0 Å². The van der Waals surface area contributed by atoms with Crippen molar-refractivity contribution in [3.8, 4) is 0 Å². The van der Waals surface area contributed by atoms with Crippen LogP contribution in [0.15, 0.2) is 0 Å². The zero-order chi connectivity index (χ0) is 36.3. The molecule has 0 radical (unpaired) electrons. The molecule has 0 N–H and O–H groups in total. The summed E-state index contributed by atoms with van der Waals surface area (Å²) in [4.78, 5) is 0. The normalized spacial score (nSPS) is 20.5. The largest absolute Gasteiger partial charge is 0.126 e. The molecule has 3 aliphatic rings. The molecule has 254 valence electrons. The molecule has 29 aromatic rings. The molecule has 0 heterocycles. The van der Waals surface area contributed by atoms with E-state index in [4.69, 9.17) is 11.6 Å². The van der Waals surface area contributed by atoms with Gasteiger partial charge in [0.15, 0.2) is 0 Å². The summed E-state index contributed by atoms with van der Waals surface area (Å²) in [5.41, 5.74) is 4.54. The Balaban J connectivity index is 1.33. The van der Waals surface area contributed by atoms with Gasteiger partial charge in [-0.15, -0.1) is 22.4 Å².